The molecular formula is C29H44O5Si. The van der Waals surface area contributed by atoms with Crippen LogP contribution in [0, 0.1) is 11.8 Å². The molecule has 0 fully saturated rings. The van der Waals surface area contributed by atoms with Crippen molar-refractivity contribution in [2.75, 3.05) is 13.2 Å². The van der Waals surface area contributed by atoms with Gasteiger partial charge in [-0.3, -0.25) is 4.79 Å². The zero-order valence-corrected chi connectivity index (χ0v) is 23.3. The second-order valence-corrected chi connectivity index (χ2v) is 15.0. The van der Waals surface area contributed by atoms with Gasteiger partial charge >= 0.3 is 5.97 Å². The molecule has 1 aromatic rings. The SMILES string of the molecule is CCOC(=O)CCCCCCC1=C(C#CCC(C)(COc2ccccc2)O[Si](C)(C)C)CCC1O. The molecule has 0 saturated heterocycles. The highest BCUT2D eigenvalue weighted by Gasteiger charge is 2.32. The van der Waals surface area contributed by atoms with E-state index in [1.807, 2.05) is 37.3 Å². The highest BCUT2D eigenvalue weighted by molar-refractivity contribution is 6.69. The molecule has 2 rings (SSSR count). The molecule has 1 aliphatic carbocycles. The number of aliphatic hydroxyl groups excluding tert-OH is 1. The summed E-state index contributed by atoms with van der Waals surface area (Å²) in [6, 6.07) is 9.81. The summed E-state index contributed by atoms with van der Waals surface area (Å²) in [5.74, 6) is 7.45. The van der Waals surface area contributed by atoms with Crippen LogP contribution in [0.2, 0.25) is 19.6 Å². The Balaban J connectivity index is 1.93. The van der Waals surface area contributed by atoms with Gasteiger partial charge in [0.2, 0.25) is 0 Å². The summed E-state index contributed by atoms with van der Waals surface area (Å²) in [7, 11) is -1.81. The normalized spacial score (nSPS) is 17.5. The van der Waals surface area contributed by atoms with Crippen molar-refractivity contribution in [1.29, 1.82) is 0 Å². The molecule has 35 heavy (non-hydrogen) atoms. The first-order valence-corrected chi connectivity index (χ1v) is 16.5. The van der Waals surface area contributed by atoms with Crippen molar-refractivity contribution in [2.24, 2.45) is 0 Å². The molecule has 0 bridgehead atoms. The first-order chi connectivity index (χ1) is 16.6. The molecule has 0 heterocycles. The molecule has 1 aromatic carbocycles. The molecule has 5 nitrogen and oxygen atoms in total. The summed E-state index contributed by atoms with van der Waals surface area (Å²) in [5.41, 5.74) is 1.68. The Bertz CT molecular complexity index is 878. The van der Waals surface area contributed by atoms with Crippen LogP contribution in [0.15, 0.2) is 41.5 Å². The molecule has 1 N–H and O–H groups in total. The summed E-state index contributed by atoms with van der Waals surface area (Å²) >= 11 is 0. The van der Waals surface area contributed by atoms with Crippen molar-refractivity contribution in [3.8, 4) is 17.6 Å². The van der Waals surface area contributed by atoms with Gasteiger partial charge in [0.1, 0.15) is 12.4 Å². The number of carbonyl (C=O) groups excluding carboxylic acids is 1. The molecule has 0 aromatic heterocycles. The number of ether oxygens (including phenoxy) is 2. The van der Waals surface area contributed by atoms with Gasteiger partial charge < -0.3 is 19.0 Å². The molecule has 0 saturated carbocycles. The zero-order valence-electron chi connectivity index (χ0n) is 22.3. The number of esters is 1. The molecule has 194 valence electrons. The summed E-state index contributed by atoms with van der Waals surface area (Å²) in [6.07, 6.45) is 7.02. The molecule has 0 aliphatic heterocycles. The summed E-state index contributed by atoms with van der Waals surface area (Å²) in [4.78, 5) is 11.4. The van der Waals surface area contributed by atoms with E-state index < -0.39 is 13.9 Å². The predicted molar refractivity (Wildman–Crippen MR) is 144 cm³/mol. The van der Waals surface area contributed by atoms with Crippen LogP contribution in [0.4, 0.5) is 0 Å². The van der Waals surface area contributed by atoms with E-state index in [-0.39, 0.29) is 12.1 Å². The van der Waals surface area contributed by atoms with Crippen LogP contribution in [0.3, 0.4) is 0 Å². The fourth-order valence-electron chi connectivity index (χ4n) is 4.40. The maximum atomic E-state index is 11.4. The smallest absolute Gasteiger partial charge is 0.305 e. The lowest BCUT2D eigenvalue weighted by molar-refractivity contribution is -0.143. The number of para-hydroxylation sites is 1. The minimum atomic E-state index is -1.81. The third-order valence-corrected chi connectivity index (χ3v) is 6.99. The Hall–Kier alpha value is -2.07. The van der Waals surface area contributed by atoms with Crippen molar-refractivity contribution in [1.82, 2.24) is 0 Å². The van der Waals surface area contributed by atoms with Crippen LogP contribution in [0.5, 0.6) is 5.75 Å². The average molecular weight is 501 g/mol. The topological polar surface area (TPSA) is 65.0 Å². The fourth-order valence-corrected chi connectivity index (χ4v) is 6.00. The monoisotopic (exact) mass is 500 g/mol. The third kappa shape index (κ3) is 11.5. The summed E-state index contributed by atoms with van der Waals surface area (Å²) < 4.78 is 17.5. The third-order valence-electron chi connectivity index (χ3n) is 5.88. The molecule has 0 radical (unpaired) electrons. The zero-order chi connectivity index (χ0) is 25.7. The number of benzene rings is 1. The highest BCUT2D eigenvalue weighted by atomic mass is 28.4. The molecule has 0 spiro atoms. The van der Waals surface area contributed by atoms with Gasteiger partial charge in [0.15, 0.2) is 8.32 Å². The van der Waals surface area contributed by atoms with E-state index in [1.54, 1.807) is 0 Å². The van der Waals surface area contributed by atoms with E-state index >= 15 is 0 Å². The number of rotatable bonds is 14. The van der Waals surface area contributed by atoms with Crippen LogP contribution in [-0.4, -0.2) is 44.3 Å². The quantitative estimate of drug-likeness (QED) is 0.138. The first kappa shape index (κ1) is 29.2. The van der Waals surface area contributed by atoms with Gasteiger partial charge in [0.25, 0.3) is 0 Å². The van der Waals surface area contributed by atoms with Crippen LogP contribution < -0.4 is 4.74 Å². The Labute approximate surface area is 213 Å². The molecule has 0 amide bonds. The maximum absolute atomic E-state index is 11.4. The summed E-state index contributed by atoms with van der Waals surface area (Å²) in [5, 5.41) is 10.5. The van der Waals surface area contributed by atoms with Crippen LogP contribution >= 0.6 is 0 Å². The van der Waals surface area contributed by atoms with Crippen molar-refractivity contribution >= 4 is 14.3 Å². The standard InChI is InChI=1S/C29H44O5Si/c1-6-32-28(31)19-13-8-7-12-18-26-24(20-21-27(26)30)15-14-22-29(2,34-35(3,4)5)23-33-25-16-10-9-11-17-25/h9-11,16-17,27,30H,6-8,12-13,18-23H2,1-5H3. The average Bonchev–Trinajstić information content (AvgIpc) is 3.14. The van der Waals surface area contributed by atoms with E-state index in [9.17, 15) is 9.90 Å². The summed E-state index contributed by atoms with van der Waals surface area (Å²) in [6.45, 7) is 11.3. The van der Waals surface area contributed by atoms with Gasteiger partial charge in [-0.05, 0) is 83.3 Å². The van der Waals surface area contributed by atoms with E-state index in [4.69, 9.17) is 13.9 Å². The van der Waals surface area contributed by atoms with Gasteiger partial charge in [-0.1, -0.05) is 42.9 Å². The Morgan fingerprint density at radius 1 is 1.14 bits per heavy atom. The number of unbranched alkanes of at least 4 members (excludes halogenated alkanes) is 3. The number of aliphatic hydroxyl groups is 1. The van der Waals surface area contributed by atoms with E-state index in [0.29, 0.717) is 26.1 Å². The molecule has 2 atom stereocenters. The van der Waals surface area contributed by atoms with E-state index in [1.165, 1.54) is 0 Å². The van der Waals surface area contributed by atoms with Gasteiger partial charge in [-0.25, -0.2) is 0 Å². The number of carbonyl (C=O) groups is 1. The van der Waals surface area contributed by atoms with Crippen molar-refractivity contribution < 1.29 is 23.8 Å². The van der Waals surface area contributed by atoms with Crippen molar-refractivity contribution in [3.05, 3.63) is 41.5 Å². The Morgan fingerprint density at radius 3 is 2.54 bits per heavy atom. The number of hydrogen-bond donors (Lipinski definition) is 1. The second-order valence-electron chi connectivity index (χ2n) is 10.5. The lowest BCUT2D eigenvalue weighted by Crippen LogP contribution is -2.44. The van der Waals surface area contributed by atoms with Gasteiger partial charge in [-0.2, -0.15) is 0 Å². The second kappa shape index (κ2) is 14.5. The molecule has 1 aliphatic rings. The number of hydrogen-bond acceptors (Lipinski definition) is 5. The minimum absolute atomic E-state index is 0.113. The fraction of sp³-hybridized carbons (Fsp3) is 0.621. The van der Waals surface area contributed by atoms with Gasteiger partial charge in [0, 0.05) is 18.4 Å². The maximum Gasteiger partial charge on any atom is 0.305 e. The van der Waals surface area contributed by atoms with Crippen LogP contribution in [0.25, 0.3) is 0 Å². The lowest BCUT2D eigenvalue weighted by Gasteiger charge is -2.34. The van der Waals surface area contributed by atoms with Crippen LogP contribution in [0.1, 0.15) is 71.6 Å². The van der Waals surface area contributed by atoms with Crippen molar-refractivity contribution in [2.45, 2.75) is 103 Å². The lowest BCUT2D eigenvalue weighted by atomic mass is 10.0. The highest BCUT2D eigenvalue weighted by Crippen LogP contribution is 2.30. The Morgan fingerprint density at radius 2 is 1.86 bits per heavy atom. The van der Waals surface area contributed by atoms with Gasteiger partial charge in [-0.15, -0.1) is 0 Å². The number of allylic oxidation sites excluding steroid dienone is 1. The van der Waals surface area contributed by atoms with E-state index in [0.717, 1.165) is 61.8 Å². The predicted octanol–water partition coefficient (Wildman–Crippen LogP) is 6.42. The van der Waals surface area contributed by atoms with Crippen LogP contribution in [-0.2, 0) is 14.0 Å². The van der Waals surface area contributed by atoms with Crippen molar-refractivity contribution in [3.63, 3.8) is 0 Å². The minimum Gasteiger partial charge on any atom is -0.491 e. The largest absolute Gasteiger partial charge is 0.491 e. The van der Waals surface area contributed by atoms with Gasteiger partial charge in [0.05, 0.1) is 18.3 Å². The Kier molecular flexibility index (Phi) is 12.1. The van der Waals surface area contributed by atoms with E-state index in [2.05, 4.69) is 38.4 Å². The molecule has 6 heteroatoms. The molecule has 2 unspecified atom stereocenters. The molecular weight excluding hydrogens is 456 g/mol. The first-order valence-electron chi connectivity index (χ1n) is 13.0.